The molecular formula is C11H19NO2S. The van der Waals surface area contributed by atoms with Crippen LogP contribution in [-0.2, 0) is 4.74 Å². The van der Waals surface area contributed by atoms with Crippen molar-refractivity contribution in [2.75, 3.05) is 5.75 Å². The van der Waals surface area contributed by atoms with Crippen LogP contribution in [-0.4, -0.2) is 33.9 Å². The molecule has 0 aromatic rings. The van der Waals surface area contributed by atoms with Crippen molar-refractivity contribution in [3.05, 3.63) is 0 Å². The maximum absolute atomic E-state index is 9.41. The van der Waals surface area contributed by atoms with E-state index in [9.17, 15) is 10.4 Å². The molecule has 4 unspecified atom stereocenters. The number of hydrogen-bond acceptors (Lipinski definition) is 4. The van der Waals surface area contributed by atoms with Crippen LogP contribution in [0.1, 0.15) is 33.6 Å². The molecule has 4 heteroatoms. The van der Waals surface area contributed by atoms with Crippen molar-refractivity contribution in [1.82, 2.24) is 0 Å². The van der Waals surface area contributed by atoms with Crippen molar-refractivity contribution in [3.63, 3.8) is 0 Å². The van der Waals surface area contributed by atoms with Crippen molar-refractivity contribution in [3.8, 4) is 6.07 Å². The van der Waals surface area contributed by atoms with Crippen LogP contribution in [0.5, 0.6) is 0 Å². The summed E-state index contributed by atoms with van der Waals surface area (Å²) in [6.45, 7) is 5.54. The minimum Gasteiger partial charge on any atom is -0.391 e. The fourth-order valence-corrected chi connectivity index (χ4v) is 2.85. The Bertz CT molecular complexity index is 251. The molecule has 1 N–H and O–H groups in total. The van der Waals surface area contributed by atoms with Crippen molar-refractivity contribution in [1.29, 1.82) is 5.26 Å². The van der Waals surface area contributed by atoms with Crippen molar-refractivity contribution >= 4 is 11.8 Å². The quantitative estimate of drug-likeness (QED) is 0.803. The van der Waals surface area contributed by atoms with Gasteiger partial charge in [0.25, 0.3) is 0 Å². The molecule has 1 rings (SSSR count). The second-order valence-electron chi connectivity index (χ2n) is 4.18. The molecule has 0 aromatic heterocycles. The molecule has 1 aliphatic rings. The standard InChI is InChI=1S/C11H19NO2S/c1-8(13)9(2)14-11(7-12)5-4-6-15-10(11)3/h8-10,13H,4-6H2,1-3H3. The lowest BCUT2D eigenvalue weighted by Gasteiger charge is -2.38. The summed E-state index contributed by atoms with van der Waals surface area (Å²) in [6, 6.07) is 2.30. The molecule has 0 radical (unpaired) electrons. The predicted octanol–water partition coefficient (Wildman–Crippen LogP) is 1.95. The second-order valence-corrected chi connectivity index (χ2v) is 5.63. The molecule has 0 amide bonds. The number of ether oxygens (including phenoxy) is 1. The zero-order chi connectivity index (χ0) is 11.5. The first kappa shape index (κ1) is 12.8. The Morgan fingerprint density at radius 3 is 2.73 bits per heavy atom. The Morgan fingerprint density at radius 1 is 1.60 bits per heavy atom. The minimum atomic E-state index is -0.709. The van der Waals surface area contributed by atoms with Gasteiger partial charge >= 0.3 is 0 Å². The van der Waals surface area contributed by atoms with Gasteiger partial charge < -0.3 is 9.84 Å². The van der Waals surface area contributed by atoms with Crippen LogP contribution in [0.4, 0.5) is 0 Å². The van der Waals surface area contributed by atoms with E-state index in [-0.39, 0.29) is 11.4 Å². The number of aliphatic hydroxyl groups excluding tert-OH is 1. The van der Waals surface area contributed by atoms with Gasteiger partial charge in [0, 0.05) is 5.25 Å². The molecule has 0 aromatic carbocycles. The lowest BCUT2D eigenvalue weighted by molar-refractivity contribution is -0.0990. The zero-order valence-corrected chi connectivity index (χ0v) is 10.4. The van der Waals surface area contributed by atoms with E-state index in [1.807, 2.05) is 13.8 Å². The molecule has 0 bridgehead atoms. The largest absolute Gasteiger partial charge is 0.391 e. The van der Waals surface area contributed by atoms with Crippen LogP contribution in [0, 0.1) is 11.3 Å². The first-order valence-electron chi connectivity index (χ1n) is 5.40. The number of aliphatic hydroxyl groups is 1. The molecule has 4 atom stereocenters. The molecule has 1 heterocycles. The summed E-state index contributed by atoms with van der Waals surface area (Å²) in [5, 5.41) is 18.9. The third-order valence-electron chi connectivity index (χ3n) is 2.98. The highest BCUT2D eigenvalue weighted by molar-refractivity contribution is 8.00. The highest BCUT2D eigenvalue weighted by atomic mass is 32.2. The van der Waals surface area contributed by atoms with E-state index in [0.717, 1.165) is 18.6 Å². The van der Waals surface area contributed by atoms with Gasteiger partial charge in [-0.2, -0.15) is 17.0 Å². The van der Waals surface area contributed by atoms with Crippen LogP contribution in [0.3, 0.4) is 0 Å². The topological polar surface area (TPSA) is 53.2 Å². The van der Waals surface area contributed by atoms with Crippen LogP contribution in [0.2, 0.25) is 0 Å². The number of thioether (sulfide) groups is 1. The smallest absolute Gasteiger partial charge is 0.166 e. The maximum Gasteiger partial charge on any atom is 0.166 e. The molecule has 0 spiro atoms. The van der Waals surface area contributed by atoms with Crippen molar-refractivity contribution in [2.24, 2.45) is 0 Å². The highest BCUT2D eigenvalue weighted by Gasteiger charge is 2.42. The summed E-state index contributed by atoms with van der Waals surface area (Å²) in [4.78, 5) is 0. The third-order valence-corrected chi connectivity index (χ3v) is 4.39. The van der Waals surface area contributed by atoms with Gasteiger partial charge in [-0.15, -0.1) is 0 Å². The third kappa shape index (κ3) is 2.87. The molecule has 1 saturated heterocycles. The Hall–Kier alpha value is -0.240. The van der Waals surface area contributed by atoms with Gasteiger partial charge in [-0.1, -0.05) is 0 Å². The summed E-state index contributed by atoms with van der Waals surface area (Å²) in [6.07, 6.45) is 0.962. The van der Waals surface area contributed by atoms with Gasteiger partial charge in [0.15, 0.2) is 5.60 Å². The van der Waals surface area contributed by atoms with E-state index >= 15 is 0 Å². The monoisotopic (exact) mass is 229 g/mol. The molecule has 1 aliphatic heterocycles. The Kier molecular flexibility index (Phi) is 4.45. The minimum absolute atomic E-state index is 0.178. The lowest BCUT2D eigenvalue weighted by Crippen LogP contribution is -2.47. The van der Waals surface area contributed by atoms with Gasteiger partial charge in [-0.3, -0.25) is 0 Å². The van der Waals surface area contributed by atoms with E-state index in [1.165, 1.54) is 0 Å². The first-order valence-corrected chi connectivity index (χ1v) is 6.45. The molecule has 15 heavy (non-hydrogen) atoms. The SMILES string of the molecule is CC(O)C(C)OC1(C#N)CCCSC1C. The fraction of sp³-hybridized carbons (Fsp3) is 0.909. The number of rotatable bonds is 3. The van der Waals surface area contributed by atoms with Gasteiger partial charge in [-0.05, 0) is 39.4 Å². The van der Waals surface area contributed by atoms with Crippen molar-refractivity contribution < 1.29 is 9.84 Å². The summed E-state index contributed by atoms with van der Waals surface area (Å²) >= 11 is 1.77. The average Bonchev–Trinajstić information content (AvgIpc) is 2.21. The van der Waals surface area contributed by atoms with E-state index in [1.54, 1.807) is 18.7 Å². The van der Waals surface area contributed by atoms with Crippen LogP contribution >= 0.6 is 11.8 Å². The fourth-order valence-electron chi connectivity index (χ4n) is 1.69. The Morgan fingerprint density at radius 2 is 2.27 bits per heavy atom. The number of nitriles is 1. The molecule has 1 fully saturated rings. The molecular weight excluding hydrogens is 210 g/mol. The molecule has 0 aliphatic carbocycles. The number of hydrogen-bond donors (Lipinski definition) is 1. The Labute approximate surface area is 95.8 Å². The molecule has 0 saturated carbocycles. The summed E-state index contributed by atoms with van der Waals surface area (Å²) in [5.41, 5.74) is -0.709. The van der Waals surface area contributed by atoms with E-state index in [2.05, 4.69) is 6.07 Å². The summed E-state index contributed by atoms with van der Waals surface area (Å²) in [7, 11) is 0. The summed E-state index contributed by atoms with van der Waals surface area (Å²) in [5.74, 6) is 1.09. The highest BCUT2D eigenvalue weighted by Crippen LogP contribution is 2.37. The lowest BCUT2D eigenvalue weighted by atomic mass is 9.94. The first-order chi connectivity index (χ1) is 7.02. The van der Waals surface area contributed by atoms with Gasteiger partial charge in [0.1, 0.15) is 0 Å². The summed E-state index contributed by atoms with van der Waals surface area (Å²) < 4.78 is 5.77. The predicted molar refractivity (Wildman–Crippen MR) is 61.7 cm³/mol. The van der Waals surface area contributed by atoms with Crippen LogP contribution in [0.25, 0.3) is 0 Å². The molecule has 86 valence electrons. The normalized spacial score (nSPS) is 35.5. The Balaban J connectivity index is 2.71. The van der Waals surface area contributed by atoms with E-state index < -0.39 is 11.7 Å². The van der Waals surface area contributed by atoms with Gasteiger partial charge in [0.05, 0.1) is 18.3 Å². The molecule has 3 nitrogen and oxygen atoms in total. The van der Waals surface area contributed by atoms with E-state index in [0.29, 0.717) is 0 Å². The van der Waals surface area contributed by atoms with Crippen LogP contribution in [0.15, 0.2) is 0 Å². The zero-order valence-electron chi connectivity index (χ0n) is 9.56. The van der Waals surface area contributed by atoms with Gasteiger partial charge in [-0.25, -0.2) is 0 Å². The number of nitrogens with zero attached hydrogens (tertiary/aromatic N) is 1. The van der Waals surface area contributed by atoms with E-state index in [4.69, 9.17) is 4.74 Å². The average molecular weight is 229 g/mol. The maximum atomic E-state index is 9.41. The van der Waals surface area contributed by atoms with Gasteiger partial charge in [0.2, 0.25) is 0 Å². The van der Waals surface area contributed by atoms with Crippen molar-refractivity contribution in [2.45, 2.75) is 56.7 Å². The van der Waals surface area contributed by atoms with Crippen LogP contribution < -0.4 is 0 Å². The second kappa shape index (κ2) is 5.20.